The number of phenolic OH excluding ortho intramolecular Hbond substituents is 2. The first-order valence-corrected chi connectivity index (χ1v) is 24.5. The molecule has 0 fully saturated rings. The number of aryl methyl sites for hydroxylation is 5. The van der Waals surface area contributed by atoms with Crippen molar-refractivity contribution in [2.45, 2.75) is 195 Å². The van der Waals surface area contributed by atoms with Gasteiger partial charge in [0.05, 0.1) is 35.5 Å². The largest absolute Gasteiger partial charge is 0.504 e. The third kappa shape index (κ3) is 17.1. The first kappa shape index (κ1) is 53.3. The van der Waals surface area contributed by atoms with Gasteiger partial charge < -0.3 is 30.6 Å². The molecule has 63 heavy (non-hydrogen) atoms. The van der Waals surface area contributed by atoms with Crippen LogP contribution in [0.25, 0.3) is 10.8 Å². The topological polar surface area (TPSA) is 146 Å². The summed E-state index contributed by atoms with van der Waals surface area (Å²) in [4.78, 5) is 10.7. The van der Waals surface area contributed by atoms with E-state index in [1.54, 1.807) is 0 Å². The minimum Gasteiger partial charge on any atom is -0.504 e. The van der Waals surface area contributed by atoms with E-state index in [9.17, 15) is 25.5 Å². The van der Waals surface area contributed by atoms with Crippen molar-refractivity contribution in [3.63, 3.8) is 0 Å². The number of aromatic hydroxyl groups is 2. The molecular weight excluding hydrogens is 785 g/mol. The quantitative estimate of drug-likeness (QED) is 0.0200. The summed E-state index contributed by atoms with van der Waals surface area (Å²) < 4.78 is 0. The Labute approximate surface area is 380 Å². The number of aliphatic imine (C=N–C) groups is 2. The Hall–Kier alpha value is -4.08. The number of aliphatic hydroxyl groups excluding tert-OH is 4. The van der Waals surface area contributed by atoms with E-state index in [0.29, 0.717) is 10.9 Å². The van der Waals surface area contributed by atoms with Crippen LogP contribution in [-0.2, 0) is 38.5 Å². The number of aliphatic hydroxyl groups is 4. The number of phenols is 2. The first-order valence-electron chi connectivity index (χ1n) is 24.5. The van der Waals surface area contributed by atoms with Crippen molar-refractivity contribution in [3.05, 3.63) is 94.0 Å². The molecule has 0 radical (unpaired) electrons. The van der Waals surface area contributed by atoms with E-state index in [-0.39, 0.29) is 17.9 Å². The van der Waals surface area contributed by atoms with Crippen LogP contribution in [0.2, 0.25) is 0 Å². The molecule has 6 N–H and O–H groups in total. The molecule has 0 aliphatic rings. The van der Waals surface area contributed by atoms with E-state index in [4.69, 9.17) is 15.1 Å². The minimum atomic E-state index is -1.48. The molecule has 0 bridgehead atoms. The highest BCUT2D eigenvalue weighted by Gasteiger charge is 2.25. The van der Waals surface area contributed by atoms with Gasteiger partial charge in [0.1, 0.15) is 12.2 Å². The van der Waals surface area contributed by atoms with Crippen molar-refractivity contribution in [1.29, 1.82) is 0 Å². The van der Waals surface area contributed by atoms with Crippen LogP contribution in [0.15, 0.2) is 70.6 Å². The Balaban J connectivity index is 0.000000365. The van der Waals surface area contributed by atoms with Crippen molar-refractivity contribution >= 4 is 33.6 Å². The molecular formula is C55H82N2O6. The molecule has 8 nitrogen and oxygen atoms in total. The van der Waals surface area contributed by atoms with E-state index >= 15 is 0 Å². The normalized spacial score (nSPS) is 13.5. The van der Waals surface area contributed by atoms with Crippen LogP contribution in [0.1, 0.15) is 172 Å². The van der Waals surface area contributed by atoms with Crippen LogP contribution >= 0.6 is 0 Å². The smallest absolute Gasteiger partial charge is 0.158 e. The summed E-state index contributed by atoms with van der Waals surface area (Å²) in [5.41, 5.74) is 12.0. The molecule has 0 aliphatic heterocycles. The predicted octanol–water partition coefficient (Wildman–Crippen LogP) is 12.7. The van der Waals surface area contributed by atoms with Crippen LogP contribution in [0.4, 0.5) is 11.4 Å². The number of nitrogens with zero attached hydrogens (tertiary/aromatic N) is 2. The van der Waals surface area contributed by atoms with Crippen LogP contribution in [0.5, 0.6) is 11.5 Å². The van der Waals surface area contributed by atoms with Gasteiger partial charge in [0, 0.05) is 6.42 Å². The van der Waals surface area contributed by atoms with Crippen LogP contribution in [0.3, 0.4) is 0 Å². The zero-order chi connectivity index (χ0) is 46.1. The zero-order valence-electron chi connectivity index (χ0n) is 39.9. The van der Waals surface area contributed by atoms with Gasteiger partial charge in [-0.1, -0.05) is 131 Å². The van der Waals surface area contributed by atoms with Crippen molar-refractivity contribution < 1.29 is 30.6 Å². The lowest BCUT2D eigenvalue weighted by atomic mass is 9.92. The Morgan fingerprint density at radius 3 is 1.33 bits per heavy atom. The fourth-order valence-corrected chi connectivity index (χ4v) is 8.31. The summed E-state index contributed by atoms with van der Waals surface area (Å²) in [6.07, 6.45) is 17.8. The Morgan fingerprint density at radius 1 is 0.460 bits per heavy atom. The van der Waals surface area contributed by atoms with E-state index in [1.165, 1.54) is 110 Å². The van der Waals surface area contributed by atoms with Gasteiger partial charge in [-0.2, -0.15) is 0 Å². The van der Waals surface area contributed by atoms with Gasteiger partial charge in [-0.3, -0.25) is 9.98 Å². The third-order valence-corrected chi connectivity index (χ3v) is 12.3. The van der Waals surface area contributed by atoms with Crippen molar-refractivity contribution in [1.82, 2.24) is 0 Å². The molecule has 0 spiro atoms. The third-order valence-electron chi connectivity index (χ3n) is 12.3. The average molecular weight is 867 g/mol. The second-order valence-electron chi connectivity index (χ2n) is 17.2. The lowest BCUT2D eigenvalue weighted by Crippen LogP contribution is -2.40. The standard InChI is InChI=1S/C36H56N2.C19H26O6/c1-7-13-15-17-18-20-22-36(38-34-26-24-30(10-4)32(12-6)28-34)35(21-19-16-14-8-2)37-33-25-23-29(9-3)31(11-5)27-33;1-2-3-4-11-5-6-12(7-17(23)19(25)18(24)10-20)14-9-16(22)15(21)8-13(11)14/h23-28H,7-22H2,1-6H3;5-6,8-9,17-25H,2-4,7,10H2,1H3. The highest BCUT2D eigenvalue weighted by atomic mass is 16.4. The van der Waals surface area contributed by atoms with E-state index in [0.717, 1.165) is 80.1 Å². The molecule has 3 unspecified atom stereocenters. The van der Waals surface area contributed by atoms with Crippen molar-refractivity contribution in [2.75, 3.05) is 6.61 Å². The summed E-state index contributed by atoms with van der Waals surface area (Å²) in [6, 6.07) is 20.3. The molecule has 3 atom stereocenters. The molecule has 4 aromatic rings. The number of fused-ring (bicyclic) bond motifs is 1. The molecule has 4 rings (SSSR count). The van der Waals surface area contributed by atoms with Gasteiger partial charge in [-0.15, -0.1) is 0 Å². The second kappa shape index (κ2) is 29.4. The number of rotatable bonds is 27. The molecule has 0 aliphatic carbocycles. The summed E-state index contributed by atoms with van der Waals surface area (Å²) in [7, 11) is 0. The molecule has 8 heteroatoms. The van der Waals surface area contributed by atoms with Crippen LogP contribution < -0.4 is 0 Å². The highest BCUT2D eigenvalue weighted by molar-refractivity contribution is 6.43. The van der Waals surface area contributed by atoms with E-state index in [1.807, 2.05) is 12.1 Å². The predicted molar refractivity (Wildman–Crippen MR) is 266 cm³/mol. The zero-order valence-corrected chi connectivity index (χ0v) is 39.9. The van der Waals surface area contributed by atoms with Crippen molar-refractivity contribution in [2.24, 2.45) is 9.98 Å². The number of hydrogen-bond donors (Lipinski definition) is 6. The summed E-state index contributed by atoms with van der Waals surface area (Å²) in [5.74, 6) is -0.467. The molecule has 0 heterocycles. The minimum absolute atomic E-state index is 0.0347. The monoisotopic (exact) mass is 867 g/mol. The van der Waals surface area contributed by atoms with Crippen LogP contribution in [0, 0.1) is 0 Å². The van der Waals surface area contributed by atoms with Gasteiger partial charge in [-0.25, -0.2) is 0 Å². The second-order valence-corrected chi connectivity index (χ2v) is 17.2. The van der Waals surface area contributed by atoms with Crippen LogP contribution in [-0.4, -0.2) is 67.0 Å². The summed E-state index contributed by atoms with van der Waals surface area (Å²) in [5, 5.41) is 59.5. The Morgan fingerprint density at radius 2 is 0.873 bits per heavy atom. The average Bonchev–Trinajstić information content (AvgIpc) is 3.30. The van der Waals surface area contributed by atoms with Gasteiger partial charge >= 0.3 is 0 Å². The fourth-order valence-electron chi connectivity index (χ4n) is 8.31. The van der Waals surface area contributed by atoms with Gasteiger partial charge in [0.2, 0.25) is 0 Å². The SMILES string of the molecule is CCCCCCCCC(=Nc1ccc(CC)c(CC)c1)C(CCCCCC)=Nc1ccc(CC)c(CC)c1.CCCCc1ccc(CC(O)C(O)C(O)CO)c2cc(O)c(O)cc12. The van der Waals surface area contributed by atoms with Gasteiger partial charge in [-0.05, 0) is 145 Å². The lowest BCUT2D eigenvalue weighted by molar-refractivity contribution is -0.0754. The molecule has 0 saturated heterocycles. The van der Waals surface area contributed by atoms with Gasteiger partial charge in [0.15, 0.2) is 11.5 Å². The Kier molecular flexibility index (Phi) is 24.8. The number of benzene rings is 4. The number of unbranched alkanes of at least 4 members (excludes halogenated alkanes) is 9. The maximum Gasteiger partial charge on any atom is 0.158 e. The lowest BCUT2D eigenvalue weighted by Gasteiger charge is -2.22. The highest BCUT2D eigenvalue weighted by Crippen LogP contribution is 2.35. The maximum atomic E-state index is 10.1. The maximum absolute atomic E-state index is 10.1. The van der Waals surface area contributed by atoms with Crippen molar-refractivity contribution in [3.8, 4) is 11.5 Å². The molecule has 4 aromatic carbocycles. The van der Waals surface area contributed by atoms with E-state index < -0.39 is 24.9 Å². The summed E-state index contributed by atoms with van der Waals surface area (Å²) in [6.45, 7) is 15.0. The molecule has 348 valence electrons. The summed E-state index contributed by atoms with van der Waals surface area (Å²) >= 11 is 0. The molecule has 0 amide bonds. The number of hydrogen-bond acceptors (Lipinski definition) is 8. The molecule has 0 aromatic heterocycles. The molecule has 0 saturated carbocycles. The first-order chi connectivity index (χ1) is 30.5. The van der Waals surface area contributed by atoms with E-state index in [2.05, 4.69) is 84.9 Å². The fraction of sp³-hybridized carbons (Fsp3) is 0.564. The Bertz CT molecular complexity index is 2010. The van der Waals surface area contributed by atoms with Gasteiger partial charge in [0.25, 0.3) is 0 Å².